The van der Waals surface area contributed by atoms with Crippen molar-refractivity contribution in [3.8, 4) is 10.6 Å². The maximum absolute atomic E-state index is 5.57. The molecule has 2 rings (SSSR count). The second-order valence-corrected chi connectivity index (χ2v) is 5.17. The van der Waals surface area contributed by atoms with Gasteiger partial charge in [0, 0.05) is 24.3 Å². The third-order valence-corrected chi connectivity index (χ3v) is 3.48. The standard InChI is InChI=1S/C14H18N2O2S.CH4/c1-4-17-14(18-5-2)12-8-6-11(7-9-12)13-16-15-10(3)19-13;/h6-9,14H,4-5H2,1-3H3;1H4. The quantitative estimate of drug-likeness (QED) is 0.748. The number of benzene rings is 1. The molecule has 0 atom stereocenters. The van der Waals surface area contributed by atoms with E-state index in [0.717, 1.165) is 21.1 Å². The summed E-state index contributed by atoms with van der Waals surface area (Å²) in [7, 11) is 0. The van der Waals surface area contributed by atoms with Gasteiger partial charge < -0.3 is 9.47 Å². The molecule has 0 bridgehead atoms. The Morgan fingerprint density at radius 3 is 2.10 bits per heavy atom. The van der Waals surface area contributed by atoms with Gasteiger partial charge in [-0.3, -0.25) is 0 Å². The van der Waals surface area contributed by atoms with E-state index in [0.29, 0.717) is 13.2 Å². The summed E-state index contributed by atoms with van der Waals surface area (Å²) < 4.78 is 11.1. The lowest BCUT2D eigenvalue weighted by atomic mass is 10.1. The molecule has 0 unspecified atom stereocenters. The van der Waals surface area contributed by atoms with Gasteiger partial charge in [-0.1, -0.05) is 43.0 Å². The molecule has 0 fully saturated rings. The lowest BCUT2D eigenvalue weighted by Gasteiger charge is -2.17. The van der Waals surface area contributed by atoms with E-state index < -0.39 is 0 Å². The number of ether oxygens (including phenoxy) is 2. The monoisotopic (exact) mass is 294 g/mol. The van der Waals surface area contributed by atoms with Crippen LogP contribution in [0.2, 0.25) is 0 Å². The van der Waals surface area contributed by atoms with Crippen LogP contribution in [0.1, 0.15) is 38.1 Å². The molecule has 4 nitrogen and oxygen atoms in total. The number of hydrogen-bond acceptors (Lipinski definition) is 5. The first-order valence-electron chi connectivity index (χ1n) is 6.38. The lowest BCUT2D eigenvalue weighted by molar-refractivity contribution is -0.140. The van der Waals surface area contributed by atoms with Gasteiger partial charge in [-0.25, -0.2) is 0 Å². The van der Waals surface area contributed by atoms with Crippen molar-refractivity contribution >= 4 is 11.3 Å². The summed E-state index contributed by atoms with van der Waals surface area (Å²) in [5, 5.41) is 10.1. The SMILES string of the molecule is C.CCOC(OCC)c1ccc(-c2nnc(C)s2)cc1. The molecule has 0 saturated carbocycles. The Bertz CT molecular complexity index is 505. The highest BCUT2D eigenvalue weighted by Crippen LogP contribution is 2.26. The third-order valence-electron chi connectivity index (χ3n) is 2.59. The molecule has 1 aromatic heterocycles. The van der Waals surface area contributed by atoms with Gasteiger partial charge in [-0.15, -0.1) is 10.2 Å². The van der Waals surface area contributed by atoms with Crippen molar-refractivity contribution in [2.75, 3.05) is 13.2 Å². The number of hydrogen-bond donors (Lipinski definition) is 0. The van der Waals surface area contributed by atoms with Crippen LogP contribution in [-0.2, 0) is 9.47 Å². The van der Waals surface area contributed by atoms with Crippen molar-refractivity contribution < 1.29 is 9.47 Å². The summed E-state index contributed by atoms with van der Waals surface area (Å²) >= 11 is 1.59. The highest BCUT2D eigenvalue weighted by molar-refractivity contribution is 7.14. The Balaban J connectivity index is 0.00000200. The third kappa shape index (κ3) is 4.10. The Morgan fingerprint density at radius 2 is 1.65 bits per heavy atom. The van der Waals surface area contributed by atoms with Crippen molar-refractivity contribution in [3.05, 3.63) is 34.8 Å². The van der Waals surface area contributed by atoms with Crippen molar-refractivity contribution in [1.29, 1.82) is 0 Å². The van der Waals surface area contributed by atoms with Crippen molar-refractivity contribution in [2.45, 2.75) is 34.5 Å². The van der Waals surface area contributed by atoms with Crippen LogP contribution in [0.4, 0.5) is 0 Å². The Morgan fingerprint density at radius 1 is 1.05 bits per heavy atom. The molecular weight excluding hydrogens is 272 g/mol. The van der Waals surface area contributed by atoms with E-state index in [2.05, 4.69) is 10.2 Å². The van der Waals surface area contributed by atoms with Crippen LogP contribution in [0, 0.1) is 6.92 Å². The summed E-state index contributed by atoms with van der Waals surface area (Å²) in [4.78, 5) is 0. The van der Waals surface area contributed by atoms with E-state index in [1.807, 2.05) is 45.0 Å². The maximum Gasteiger partial charge on any atom is 0.183 e. The van der Waals surface area contributed by atoms with Crippen LogP contribution in [0.5, 0.6) is 0 Å². The van der Waals surface area contributed by atoms with Gasteiger partial charge in [0.05, 0.1) is 0 Å². The first kappa shape index (κ1) is 16.8. The molecule has 0 radical (unpaired) electrons. The van der Waals surface area contributed by atoms with Gasteiger partial charge in [-0.05, 0) is 20.8 Å². The van der Waals surface area contributed by atoms with Crippen molar-refractivity contribution in [3.63, 3.8) is 0 Å². The maximum atomic E-state index is 5.57. The predicted molar refractivity (Wildman–Crippen MR) is 82.8 cm³/mol. The second kappa shape index (κ2) is 8.09. The van der Waals surface area contributed by atoms with Crippen molar-refractivity contribution in [2.24, 2.45) is 0 Å². The van der Waals surface area contributed by atoms with E-state index in [9.17, 15) is 0 Å². The molecule has 0 spiro atoms. The van der Waals surface area contributed by atoms with Crippen LogP contribution < -0.4 is 0 Å². The fraction of sp³-hybridized carbons (Fsp3) is 0.467. The fourth-order valence-electron chi connectivity index (χ4n) is 1.74. The summed E-state index contributed by atoms with van der Waals surface area (Å²) in [6.45, 7) is 7.13. The summed E-state index contributed by atoms with van der Waals surface area (Å²) in [5.41, 5.74) is 2.09. The van der Waals surface area contributed by atoms with Crippen LogP contribution in [-0.4, -0.2) is 23.4 Å². The topological polar surface area (TPSA) is 44.2 Å². The first-order valence-corrected chi connectivity index (χ1v) is 7.19. The zero-order valence-electron chi connectivity index (χ0n) is 11.4. The Kier molecular flexibility index (Phi) is 6.78. The molecule has 0 aliphatic heterocycles. The number of aromatic nitrogens is 2. The second-order valence-electron chi connectivity index (χ2n) is 3.99. The lowest BCUT2D eigenvalue weighted by Crippen LogP contribution is -2.08. The minimum Gasteiger partial charge on any atom is -0.349 e. The molecule has 2 aromatic rings. The van der Waals surface area contributed by atoms with E-state index in [1.54, 1.807) is 11.3 Å². The largest absolute Gasteiger partial charge is 0.349 e. The van der Waals surface area contributed by atoms with E-state index in [1.165, 1.54) is 0 Å². The van der Waals surface area contributed by atoms with Gasteiger partial charge >= 0.3 is 0 Å². The smallest absolute Gasteiger partial charge is 0.183 e. The molecule has 0 N–H and O–H groups in total. The Labute approximate surface area is 124 Å². The first-order chi connectivity index (χ1) is 9.24. The van der Waals surface area contributed by atoms with E-state index in [4.69, 9.17) is 9.47 Å². The predicted octanol–water partition coefficient (Wildman–Crippen LogP) is 4.22. The zero-order valence-corrected chi connectivity index (χ0v) is 12.2. The minimum atomic E-state index is -0.291. The van der Waals surface area contributed by atoms with Gasteiger partial charge in [-0.2, -0.15) is 0 Å². The van der Waals surface area contributed by atoms with Crippen LogP contribution in [0.15, 0.2) is 24.3 Å². The minimum absolute atomic E-state index is 0. The molecule has 0 aliphatic carbocycles. The molecule has 5 heteroatoms. The van der Waals surface area contributed by atoms with Crippen molar-refractivity contribution in [1.82, 2.24) is 10.2 Å². The Hall–Kier alpha value is -1.30. The number of aryl methyl sites for hydroxylation is 1. The highest BCUT2D eigenvalue weighted by atomic mass is 32.1. The molecule has 20 heavy (non-hydrogen) atoms. The molecule has 0 aliphatic rings. The normalized spacial score (nSPS) is 10.6. The van der Waals surface area contributed by atoms with Gasteiger partial charge in [0.2, 0.25) is 0 Å². The molecular formula is C15H22N2O2S. The zero-order chi connectivity index (χ0) is 13.7. The van der Waals surface area contributed by atoms with Gasteiger partial charge in [0.1, 0.15) is 10.0 Å². The van der Waals surface area contributed by atoms with E-state index >= 15 is 0 Å². The molecule has 1 aromatic carbocycles. The highest BCUT2D eigenvalue weighted by Gasteiger charge is 2.12. The van der Waals surface area contributed by atoms with Crippen LogP contribution in [0.25, 0.3) is 10.6 Å². The van der Waals surface area contributed by atoms with Crippen LogP contribution in [0.3, 0.4) is 0 Å². The number of nitrogens with zero attached hydrogens (tertiary/aromatic N) is 2. The fourth-order valence-corrected chi connectivity index (χ4v) is 2.44. The summed E-state index contributed by atoms with van der Waals surface area (Å²) in [5.74, 6) is 0. The average molecular weight is 294 g/mol. The molecule has 110 valence electrons. The average Bonchev–Trinajstić information content (AvgIpc) is 2.85. The van der Waals surface area contributed by atoms with Crippen LogP contribution >= 0.6 is 11.3 Å². The summed E-state index contributed by atoms with van der Waals surface area (Å²) in [6.07, 6.45) is -0.291. The molecule has 0 amide bonds. The van der Waals surface area contributed by atoms with Gasteiger partial charge in [0.15, 0.2) is 6.29 Å². The van der Waals surface area contributed by atoms with E-state index in [-0.39, 0.29) is 13.7 Å². The molecule has 0 saturated heterocycles. The number of rotatable bonds is 6. The molecule has 1 heterocycles. The van der Waals surface area contributed by atoms with Gasteiger partial charge in [0.25, 0.3) is 0 Å². The summed E-state index contributed by atoms with van der Waals surface area (Å²) in [6, 6.07) is 8.09.